The van der Waals surface area contributed by atoms with Crippen LogP contribution in [0.5, 0.6) is 0 Å². The van der Waals surface area contributed by atoms with Gasteiger partial charge in [0.1, 0.15) is 5.82 Å². The van der Waals surface area contributed by atoms with Gasteiger partial charge in [-0.05, 0) is 63.1 Å². The first-order chi connectivity index (χ1) is 12.4. The molecule has 1 heterocycles. The van der Waals surface area contributed by atoms with E-state index < -0.39 is 0 Å². The normalized spacial score (nSPS) is 10.8. The predicted octanol–water partition coefficient (Wildman–Crippen LogP) is 4.23. The highest BCUT2D eigenvalue weighted by Gasteiger charge is 2.14. The van der Waals surface area contributed by atoms with Crippen LogP contribution in [0.2, 0.25) is 0 Å². The summed E-state index contributed by atoms with van der Waals surface area (Å²) in [7, 11) is 0. The van der Waals surface area contributed by atoms with E-state index in [1.807, 2.05) is 42.7 Å². The van der Waals surface area contributed by atoms with Crippen LogP contribution in [0.1, 0.15) is 22.5 Å². The first-order valence-corrected chi connectivity index (χ1v) is 9.41. The lowest BCUT2D eigenvalue weighted by atomic mass is 10.1. The second kappa shape index (κ2) is 7.74. The van der Waals surface area contributed by atoms with Crippen molar-refractivity contribution in [3.8, 4) is 5.69 Å². The molecule has 0 unspecified atom stereocenters. The van der Waals surface area contributed by atoms with E-state index in [1.165, 1.54) is 22.9 Å². The fraction of sp³-hybridized carbons (Fsp3) is 0.250. The van der Waals surface area contributed by atoms with Crippen LogP contribution < -0.4 is 5.32 Å². The first kappa shape index (κ1) is 18.2. The number of thioether (sulfide) groups is 1. The van der Waals surface area contributed by atoms with Crippen LogP contribution in [0, 0.1) is 27.7 Å². The molecule has 0 aliphatic heterocycles. The number of carbonyl (C=O) groups excluding carboxylic acids is 1. The third-order valence-electron chi connectivity index (χ3n) is 4.21. The Hall–Kier alpha value is -2.60. The monoisotopic (exact) mass is 366 g/mol. The molecular weight excluding hydrogens is 344 g/mol. The smallest absolute Gasteiger partial charge is 0.234 e. The maximum atomic E-state index is 12.2. The van der Waals surface area contributed by atoms with Gasteiger partial charge < -0.3 is 5.32 Å². The molecule has 0 saturated carbocycles. The lowest BCUT2D eigenvalue weighted by molar-refractivity contribution is -0.113. The summed E-state index contributed by atoms with van der Waals surface area (Å²) in [5, 5.41) is 12.0. The molecular formula is C20H22N4OS. The maximum absolute atomic E-state index is 12.2. The minimum absolute atomic E-state index is 0.0638. The summed E-state index contributed by atoms with van der Waals surface area (Å²) < 4.78 is 1.98. The molecule has 0 bridgehead atoms. The molecule has 6 heteroatoms. The van der Waals surface area contributed by atoms with E-state index in [0.717, 1.165) is 22.8 Å². The van der Waals surface area contributed by atoms with Gasteiger partial charge in [-0.1, -0.05) is 35.5 Å². The molecule has 134 valence electrons. The summed E-state index contributed by atoms with van der Waals surface area (Å²) in [4.78, 5) is 12.2. The van der Waals surface area contributed by atoms with Gasteiger partial charge in [-0.15, -0.1) is 10.2 Å². The molecule has 1 N–H and O–H groups in total. The van der Waals surface area contributed by atoms with E-state index in [0.29, 0.717) is 5.16 Å². The fourth-order valence-electron chi connectivity index (χ4n) is 2.56. The largest absolute Gasteiger partial charge is 0.325 e. The van der Waals surface area contributed by atoms with E-state index in [-0.39, 0.29) is 11.7 Å². The van der Waals surface area contributed by atoms with Crippen LogP contribution in [-0.4, -0.2) is 26.4 Å². The standard InChI is InChI=1S/C20H22N4OS/c1-13-5-8-17(9-6-13)21-19(25)12-26-20-23-22-16(4)24(20)18-10-7-14(2)15(3)11-18/h5-11H,12H2,1-4H3,(H,21,25). The second-order valence-corrected chi connectivity index (χ2v) is 7.28. The van der Waals surface area contributed by atoms with Gasteiger partial charge in [-0.3, -0.25) is 9.36 Å². The highest BCUT2D eigenvalue weighted by atomic mass is 32.2. The van der Waals surface area contributed by atoms with Crippen LogP contribution in [0.25, 0.3) is 5.69 Å². The van der Waals surface area contributed by atoms with Crippen molar-refractivity contribution in [2.45, 2.75) is 32.9 Å². The van der Waals surface area contributed by atoms with E-state index >= 15 is 0 Å². The summed E-state index contributed by atoms with van der Waals surface area (Å²) >= 11 is 1.38. The van der Waals surface area contributed by atoms with E-state index in [4.69, 9.17) is 0 Å². The number of anilines is 1. The highest BCUT2D eigenvalue weighted by molar-refractivity contribution is 7.99. The van der Waals surface area contributed by atoms with Crippen LogP contribution in [0.3, 0.4) is 0 Å². The van der Waals surface area contributed by atoms with Crippen molar-refractivity contribution in [2.24, 2.45) is 0 Å². The summed E-state index contributed by atoms with van der Waals surface area (Å²) in [6.45, 7) is 8.10. The van der Waals surface area contributed by atoms with Crippen LogP contribution in [0.4, 0.5) is 5.69 Å². The third-order valence-corrected chi connectivity index (χ3v) is 5.14. The number of aromatic nitrogens is 3. The Morgan fingerprint density at radius 1 is 1.00 bits per heavy atom. The molecule has 0 aliphatic carbocycles. The number of rotatable bonds is 5. The van der Waals surface area contributed by atoms with Crippen molar-refractivity contribution in [1.29, 1.82) is 0 Å². The molecule has 26 heavy (non-hydrogen) atoms. The van der Waals surface area contributed by atoms with Crippen molar-refractivity contribution in [1.82, 2.24) is 14.8 Å². The number of hydrogen-bond donors (Lipinski definition) is 1. The van der Waals surface area contributed by atoms with Gasteiger partial charge in [-0.25, -0.2) is 0 Å². The summed E-state index contributed by atoms with van der Waals surface area (Å²) in [5.74, 6) is 1.01. The Labute approximate surface area is 157 Å². The summed E-state index contributed by atoms with van der Waals surface area (Å²) in [5.41, 5.74) is 5.43. The minimum atomic E-state index is -0.0638. The van der Waals surface area contributed by atoms with Crippen LogP contribution in [0.15, 0.2) is 47.6 Å². The third kappa shape index (κ3) is 4.14. The van der Waals surface area contributed by atoms with Gasteiger partial charge >= 0.3 is 0 Å². The van der Waals surface area contributed by atoms with E-state index in [2.05, 4.69) is 47.6 Å². The van der Waals surface area contributed by atoms with Crippen molar-refractivity contribution < 1.29 is 4.79 Å². The van der Waals surface area contributed by atoms with Gasteiger partial charge in [0, 0.05) is 11.4 Å². The van der Waals surface area contributed by atoms with Gasteiger partial charge in [-0.2, -0.15) is 0 Å². The van der Waals surface area contributed by atoms with E-state index in [9.17, 15) is 4.79 Å². The Morgan fingerprint density at radius 2 is 1.73 bits per heavy atom. The van der Waals surface area contributed by atoms with Gasteiger partial charge in [0.15, 0.2) is 5.16 Å². The molecule has 1 amide bonds. The van der Waals surface area contributed by atoms with Crippen molar-refractivity contribution in [3.05, 3.63) is 65.0 Å². The zero-order valence-corrected chi connectivity index (χ0v) is 16.2. The zero-order chi connectivity index (χ0) is 18.7. The number of nitrogens with zero attached hydrogens (tertiary/aromatic N) is 3. The quantitative estimate of drug-likeness (QED) is 0.687. The maximum Gasteiger partial charge on any atom is 0.234 e. The Kier molecular flexibility index (Phi) is 5.42. The Balaban J connectivity index is 1.71. The molecule has 0 spiro atoms. The molecule has 1 aromatic heterocycles. The SMILES string of the molecule is Cc1ccc(NC(=O)CSc2nnc(C)n2-c2ccc(C)c(C)c2)cc1. The molecule has 0 fully saturated rings. The lowest BCUT2D eigenvalue weighted by Crippen LogP contribution is -2.14. The Bertz CT molecular complexity index is 931. The van der Waals surface area contributed by atoms with Gasteiger partial charge in [0.05, 0.1) is 5.75 Å². The molecule has 0 atom stereocenters. The van der Waals surface area contributed by atoms with Crippen LogP contribution in [-0.2, 0) is 4.79 Å². The number of carbonyl (C=O) groups is 1. The number of benzene rings is 2. The molecule has 3 aromatic rings. The van der Waals surface area contributed by atoms with Crippen molar-refractivity contribution >= 4 is 23.4 Å². The molecule has 0 aliphatic rings. The number of nitrogens with one attached hydrogen (secondary N) is 1. The number of hydrogen-bond acceptors (Lipinski definition) is 4. The van der Waals surface area contributed by atoms with Gasteiger partial charge in [0.2, 0.25) is 5.91 Å². The fourth-order valence-corrected chi connectivity index (χ4v) is 3.36. The molecule has 0 radical (unpaired) electrons. The molecule has 2 aromatic carbocycles. The molecule has 5 nitrogen and oxygen atoms in total. The molecule has 3 rings (SSSR count). The lowest BCUT2D eigenvalue weighted by Gasteiger charge is -2.10. The second-order valence-electron chi connectivity index (χ2n) is 6.34. The predicted molar refractivity (Wildman–Crippen MR) is 106 cm³/mol. The van der Waals surface area contributed by atoms with E-state index in [1.54, 1.807) is 0 Å². The minimum Gasteiger partial charge on any atom is -0.325 e. The first-order valence-electron chi connectivity index (χ1n) is 8.43. The Morgan fingerprint density at radius 3 is 2.42 bits per heavy atom. The summed E-state index contributed by atoms with van der Waals surface area (Å²) in [6, 6.07) is 14.0. The van der Waals surface area contributed by atoms with Crippen molar-refractivity contribution in [2.75, 3.05) is 11.1 Å². The van der Waals surface area contributed by atoms with Crippen LogP contribution >= 0.6 is 11.8 Å². The number of amides is 1. The van der Waals surface area contributed by atoms with Gasteiger partial charge in [0.25, 0.3) is 0 Å². The number of aryl methyl sites for hydroxylation is 4. The van der Waals surface area contributed by atoms with Crippen molar-refractivity contribution in [3.63, 3.8) is 0 Å². The average Bonchev–Trinajstić information content (AvgIpc) is 2.98. The highest BCUT2D eigenvalue weighted by Crippen LogP contribution is 2.23. The molecule has 0 saturated heterocycles. The summed E-state index contributed by atoms with van der Waals surface area (Å²) in [6.07, 6.45) is 0. The topological polar surface area (TPSA) is 59.8 Å². The zero-order valence-electron chi connectivity index (χ0n) is 15.4. The average molecular weight is 366 g/mol.